The highest BCUT2D eigenvalue weighted by atomic mass is 19.1. The van der Waals surface area contributed by atoms with E-state index >= 15 is 0 Å². The number of rotatable bonds is 6. The number of amides is 1. The molecule has 2 atom stereocenters. The van der Waals surface area contributed by atoms with Crippen LogP contribution in [0.3, 0.4) is 0 Å². The molecule has 1 aromatic carbocycles. The van der Waals surface area contributed by atoms with Crippen molar-refractivity contribution in [2.75, 3.05) is 26.3 Å². The number of hydrogen-bond acceptors (Lipinski definition) is 5. The lowest BCUT2D eigenvalue weighted by Crippen LogP contribution is -2.58. The van der Waals surface area contributed by atoms with E-state index in [0.29, 0.717) is 12.2 Å². The van der Waals surface area contributed by atoms with Crippen molar-refractivity contribution >= 4 is 18.3 Å². The number of ether oxygens (including phenoxy) is 1. The molecule has 150 valence electrons. The van der Waals surface area contributed by atoms with Gasteiger partial charge >= 0.3 is 5.97 Å². The second kappa shape index (κ2) is 10.6. The van der Waals surface area contributed by atoms with Gasteiger partial charge in [0.15, 0.2) is 0 Å². The smallest absolute Gasteiger partial charge is 0.314 e. The van der Waals surface area contributed by atoms with Gasteiger partial charge in [-0.15, -0.1) is 0 Å². The summed E-state index contributed by atoms with van der Waals surface area (Å²) in [6.07, 6.45) is -1.02. The Hall–Kier alpha value is -2.52. The summed E-state index contributed by atoms with van der Waals surface area (Å²) in [7, 11) is 0. The number of piperidine rings is 1. The Morgan fingerprint density at radius 2 is 2.11 bits per heavy atom. The van der Waals surface area contributed by atoms with Gasteiger partial charge in [-0.25, -0.2) is 4.39 Å². The number of benzene rings is 1. The van der Waals surface area contributed by atoms with Gasteiger partial charge < -0.3 is 25.0 Å². The molecular weight excluding hydrogens is 361 g/mol. The number of carbonyl (C=O) groups excluding carboxylic acids is 1. The molecule has 0 radical (unpaired) electrons. The Kier molecular flexibility index (Phi) is 8.83. The van der Waals surface area contributed by atoms with E-state index in [4.69, 9.17) is 14.6 Å². The Morgan fingerprint density at radius 1 is 1.44 bits per heavy atom. The van der Waals surface area contributed by atoms with Gasteiger partial charge in [-0.05, 0) is 37.5 Å². The Balaban J connectivity index is 0.00000114. The second-order valence-corrected chi connectivity index (χ2v) is 6.13. The largest absolute Gasteiger partial charge is 0.483 e. The van der Waals surface area contributed by atoms with Crippen LogP contribution in [0.2, 0.25) is 0 Å². The predicted octanol–water partition coefficient (Wildman–Crippen LogP) is 0.770. The van der Waals surface area contributed by atoms with E-state index in [1.54, 1.807) is 13.0 Å². The molecule has 0 aliphatic carbocycles. The minimum absolute atomic E-state index is 0.0559. The second-order valence-electron chi connectivity index (χ2n) is 6.13. The number of aliphatic carboxylic acids is 1. The third kappa shape index (κ3) is 6.00. The fourth-order valence-corrected chi connectivity index (χ4v) is 3.04. The van der Waals surface area contributed by atoms with Crippen LogP contribution < -0.4 is 0 Å². The van der Waals surface area contributed by atoms with E-state index in [9.17, 15) is 24.2 Å². The van der Waals surface area contributed by atoms with Crippen LogP contribution in [0.5, 0.6) is 0 Å². The lowest BCUT2D eigenvalue weighted by molar-refractivity contribution is -0.166. The third-order valence-corrected chi connectivity index (χ3v) is 4.40. The number of likely N-dealkylation sites (tertiary alicyclic amines) is 1. The molecule has 0 unspecified atom stereocenters. The van der Waals surface area contributed by atoms with Gasteiger partial charge in [-0.3, -0.25) is 14.4 Å². The summed E-state index contributed by atoms with van der Waals surface area (Å²) >= 11 is 0. The number of halogens is 1. The number of carboxylic acids is 1. The number of nitrogens with zero attached hydrogens (tertiary/aromatic N) is 1. The Bertz CT molecular complexity index is 654. The van der Waals surface area contributed by atoms with E-state index in [-0.39, 0.29) is 44.9 Å². The topological polar surface area (TPSA) is 124 Å². The molecule has 1 heterocycles. The molecule has 1 amide bonds. The van der Waals surface area contributed by atoms with Gasteiger partial charge in [-0.2, -0.15) is 0 Å². The fourth-order valence-electron chi connectivity index (χ4n) is 3.04. The number of aliphatic hydroxyl groups is 1. The lowest BCUT2D eigenvalue weighted by Gasteiger charge is -2.43. The van der Waals surface area contributed by atoms with Gasteiger partial charge in [0, 0.05) is 19.7 Å². The quantitative estimate of drug-likeness (QED) is 0.618. The van der Waals surface area contributed by atoms with E-state index in [0.717, 1.165) is 0 Å². The first-order valence-electron chi connectivity index (χ1n) is 8.40. The first-order valence-corrected chi connectivity index (χ1v) is 8.40. The Labute approximate surface area is 156 Å². The van der Waals surface area contributed by atoms with Crippen LogP contribution >= 0.6 is 0 Å². The number of carbonyl (C=O) groups is 3. The highest BCUT2D eigenvalue weighted by Gasteiger charge is 2.50. The third-order valence-electron chi connectivity index (χ3n) is 4.40. The first kappa shape index (κ1) is 22.5. The van der Waals surface area contributed by atoms with Crippen LogP contribution in [-0.4, -0.2) is 71.0 Å². The molecule has 1 aliphatic heterocycles. The minimum Gasteiger partial charge on any atom is -0.483 e. The van der Waals surface area contributed by atoms with Gasteiger partial charge in [0.25, 0.3) is 6.47 Å². The maximum Gasteiger partial charge on any atom is 0.314 e. The van der Waals surface area contributed by atoms with Crippen LogP contribution in [0.25, 0.3) is 0 Å². The highest BCUT2D eigenvalue weighted by Crippen LogP contribution is 2.35. The zero-order valence-electron chi connectivity index (χ0n) is 15.0. The standard InChI is InChI=1S/C17H22FNO5.CH2O2/c1-2-24-10-15(21)19-7-6-14(20)17(11-19,16(22)23)9-12-4-3-5-13(18)8-12;2-1-3/h3-5,8,14,20H,2,6-7,9-11H2,1H3,(H,22,23);1H,(H,2,3)/t14-,17+;/m0./s1. The van der Waals surface area contributed by atoms with Crippen molar-refractivity contribution in [3.63, 3.8) is 0 Å². The Morgan fingerprint density at radius 3 is 2.67 bits per heavy atom. The zero-order valence-corrected chi connectivity index (χ0v) is 15.0. The van der Waals surface area contributed by atoms with Gasteiger partial charge in [-0.1, -0.05) is 12.1 Å². The van der Waals surface area contributed by atoms with Crippen molar-refractivity contribution in [3.05, 3.63) is 35.6 Å². The van der Waals surface area contributed by atoms with Crippen molar-refractivity contribution < 1.29 is 38.8 Å². The summed E-state index contributed by atoms with van der Waals surface area (Å²) in [5.74, 6) is -1.98. The average molecular weight is 385 g/mol. The van der Waals surface area contributed by atoms with E-state index in [2.05, 4.69) is 0 Å². The van der Waals surface area contributed by atoms with Crippen LogP contribution in [0.4, 0.5) is 4.39 Å². The van der Waals surface area contributed by atoms with E-state index in [1.165, 1.54) is 23.1 Å². The molecule has 3 N–H and O–H groups in total. The average Bonchev–Trinajstić information content (AvgIpc) is 2.62. The molecule has 0 bridgehead atoms. The monoisotopic (exact) mass is 385 g/mol. The van der Waals surface area contributed by atoms with Gasteiger partial charge in [0.1, 0.15) is 17.8 Å². The summed E-state index contributed by atoms with van der Waals surface area (Å²) in [4.78, 5) is 33.8. The molecule has 27 heavy (non-hydrogen) atoms. The molecule has 2 rings (SSSR count). The summed E-state index contributed by atoms with van der Waals surface area (Å²) in [5.41, 5.74) is -1.09. The summed E-state index contributed by atoms with van der Waals surface area (Å²) in [6.45, 7) is 1.91. The maximum absolute atomic E-state index is 13.4. The van der Waals surface area contributed by atoms with Crippen molar-refractivity contribution in [1.82, 2.24) is 4.90 Å². The van der Waals surface area contributed by atoms with Gasteiger partial charge in [0.2, 0.25) is 5.91 Å². The zero-order chi connectivity index (χ0) is 20.4. The fraction of sp³-hybridized carbons (Fsp3) is 0.500. The van der Waals surface area contributed by atoms with Crippen LogP contribution in [0.1, 0.15) is 18.9 Å². The molecule has 1 fully saturated rings. The molecule has 9 heteroatoms. The molecule has 1 aliphatic rings. The van der Waals surface area contributed by atoms with E-state index in [1.807, 2.05) is 0 Å². The molecule has 0 aromatic heterocycles. The first-order chi connectivity index (χ1) is 12.8. The number of carboxylic acid groups (broad SMARTS) is 2. The van der Waals surface area contributed by atoms with Crippen LogP contribution in [-0.2, 0) is 25.5 Å². The SMILES string of the molecule is CCOCC(=O)N1CC[C@H](O)[C@](Cc2cccc(F)c2)(C(=O)O)C1.O=CO. The lowest BCUT2D eigenvalue weighted by atomic mass is 9.73. The molecule has 0 saturated carbocycles. The highest BCUT2D eigenvalue weighted by molar-refractivity contribution is 5.81. The van der Waals surface area contributed by atoms with E-state index < -0.39 is 23.3 Å². The summed E-state index contributed by atoms with van der Waals surface area (Å²) < 4.78 is 18.5. The molecule has 1 saturated heterocycles. The van der Waals surface area contributed by atoms with Crippen molar-refractivity contribution in [1.29, 1.82) is 0 Å². The molecular formula is C18H24FNO7. The number of aliphatic hydroxyl groups excluding tert-OH is 1. The molecule has 8 nitrogen and oxygen atoms in total. The predicted molar refractivity (Wildman–Crippen MR) is 92.6 cm³/mol. The molecule has 0 spiro atoms. The normalized spacial score (nSPS) is 21.7. The van der Waals surface area contributed by atoms with Gasteiger partial charge in [0.05, 0.1) is 6.10 Å². The van der Waals surface area contributed by atoms with Crippen LogP contribution in [0, 0.1) is 11.2 Å². The number of hydrogen-bond donors (Lipinski definition) is 3. The van der Waals surface area contributed by atoms with Crippen molar-refractivity contribution in [2.45, 2.75) is 25.9 Å². The minimum atomic E-state index is -1.56. The summed E-state index contributed by atoms with van der Waals surface area (Å²) in [6, 6.07) is 5.62. The molecule has 1 aromatic rings. The maximum atomic E-state index is 13.4. The summed E-state index contributed by atoms with van der Waals surface area (Å²) in [5, 5.41) is 27.0. The van der Waals surface area contributed by atoms with Crippen molar-refractivity contribution in [3.8, 4) is 0 Å². The van der Waals surface area contributed by atoms with Crippen LogP contribution in [0.15, 0.2) is 24.3 Å². The van der Waals surface area contributed by atoms with Crippen molar-refractivity contribution in [2.24, 2.45) is 5.41 Å².